The van der Waals surface area contributed by atoms with Crippen LogP contribution in [0.4, 0.5) is 23.7 Å². The van der Waals surface area contributed by atoms with E-state index in [4.69, 9.17) is 0 Å². The van der Waals surface area contributed by atoms with E-state index in [0.29, 0.717) is 0 Å². The van der Waals surface area contributed by atoms with Crippen molar-refractivity contribution in [3.8, 4) is 0 Å². The van der Waals surface area contributed by atoms with Gasteiger partial charge in [-0.05, 0) is 39.0 Å². The zero-order chi connectivity index (χ0) is 14.8. The quantitative estimate of drug-likeness (QED) is 0.783. The number of halogens is 4. The van der Waals surface area contributed by atoms with Gasteiger partial charge in [-0.3, -0.25) is 0 Å². The minimum absolute atomic E-state index is 0.0726. The van der Waals surface area contributed by atoms with Crippen LogP contribution in [0.5, 0.6) is 0 Å². The van der Waals surface area contributed by atoms with Crippen LogP contribution in [0, 0.1) is 0 Å². The summed E-state index contributed by atoms with van der Waals surface area (Å²) in [4.78, 5) is 11.6. The smallest absolute Gasteiger partial charge is 0.333 e. The molecule has 0 saturated carbocycles. The fraction of sp³-hybridized carbons (Fsp3) is 0.417. The second kappa shape index (κ2) is 5.40. The zero-order valence-electron chi connectivity index (χ0n) is 10.7. The molecule has 0 aliphatic rings. The second-order valence-electron chi connectivity index (χ2n) is 5.06. The van der Waals surface area contributed by atoms with Crippen LogP contribution in [-0.2, 0) is 6.18 Å². The van der Waals surface area contributed by atoms with Gasteiger partial charge in [-0.1, -0.05) is 15.9 Å². The molecule has 1 rings (SSSR count). The van der Waals surface area contributed by atoms with Gasteiger partial charge in [0.25, 0.3) is 0 Å². The fourth-order valence-electron chi connectivity index (χ4n) is 1.33. The molecule has 19 heavy (non-hydrogen) atoms. The van der Waals surface area contributed by atoms with Crippen LogP contribution in [0.25, 0.3) is 0 Å². The highest BCUT2D eigenvalue weighted by Gasteiger charge is 2.31. The Labute approximate surface area is 117 Å². The Morgan fingerprint density at radius 1 is 1.16 bits per heavy atom. The molecule has 1 aromatic rings. The summed E-state index contributed by atoms with van der Waals surface area (Å²) >= 11 is 2.99. The molecule has 0 bridgehead atoms. The third-order valence-corrected chi connectivity index (χ3v) is 2.43. The number of amides is 2. The first kappa shape index (κ1) is 15.8. The van der Waals surface area contributed by atoms with Gasteiger partial charge in [0.05, 0.1) is 5.56 Å². The van der Waals surface area contributed by atoms with Crippen molar-refractivity contribution in [1.82, 2.24) is 5.32 Å². The van der Waals surface area contributed by atoms with E-state index in [9.17, 15) is 18.0 Å². The normalized spacial score (nSPS) is 12.2. The molecule has 0 unspecified atom stereocenters. The summed E-state index contributed by atoms with van der Waals surface area (Å²) < 4.78 is 38.1. The number of rotatable bonds is 1. The zero-order valence-corrected chi connectivity index (χ0v) is 12.2. The molecule has 2 N–H and O–H groups in total. The van der Waals surface area contributed by atoms with Gasteiger partial charge in [-0.25, -0.2) is 4.79 Å². The van der Waals surface area contributed by atoms with Crippen LogP contribution in [0.15, 0.2) is 22.7 Å². The van der Waals surface area contributed by atoms with Crippen molar-refractivity contribution in [2.45, 2.75) is 32.5 Å². The summed E-state index contributed by atoms with van der Waals surface area (Å²) in [6.45, 7) is 5.32. The van der Waals surface area contributed by atoms with E-state index in [0.717, 1.165) is 12.1 Å². The standard InChI is InChI=1S/C12H14BrF3N2O/c1-11(2,3)18-10(19)17-9-5-7(12(14,15)16)4-8(13)6-9/h4-6H,1-3H3,(H2,17,18,19). The Kier molecular flexibility index (Phi) is 4.50. The van der Waals surface area contributed by atoms with Crippen LogP contribution in [0.2, 0.25) is 0 Å². The van der Waals surface area contributed by atoms with E-state index in [2.05, 4.69) is 26.6 Å². The van der Waals surface area contributed by atoms with Crippen LogP contribution < -0.4 is 10.6 Å². The van der Waals surface area contributed by atoms with Crippen molar-refractivity contribution in [3.63, 3.8) is 0 Å². The minimum atomic E-state index is -4.46. The summed E-state index contributed by atoms with van der Waals surface area (Å²) in [7, 11) is 0. The van der Waals surface area contributed by atoms with Gasteiger partial charge in [0.1, 0.15) is 0 Å². The average Bonchev–Trinajstić information content (AvgIpc) is 2.11. The molecule has 0 atom stereocenters. The Bertz CT molecular complexity index is 481. The summed E-state index contributed by atoms with van der Waals surface area (Å²) in [5.74, 6) is 0. The number of urea groups is 1. The summed E-state index contributed by atoms with van der Waals surface area (Å²) in [6, 6.07) is 2.68. The van der Waals surface area contributed by atoms with E-state index in [1.54, 1.807) is 20.8 Å². The molecule has 0 aromatic heterocycles. The van der Waals surface area contributed by atoms with Crippen molar-refractivity contribution >= 4 is 27.6 Å². The molecule has 0 radical (unpaired) electrons. The number of nitrogens with one attached hydrogen (secondary N) is 2. The predicted octanol–water partition coefficient (Wildman–Crippen LogP) is 4.39. The maximum Gasteiger partial charge on any atom is 0.416 e. The molecular weight excluding hydrogens is 325 g/mol. The van der Waals surface area contributed by atoms with Crippen molar-refractivity contribution in [2.75, 3.05) is 5.32 Å². The third kappa shape index (κ3) is 5.50. The lowest BCUT2D eigenvalue weighted by molar-refractivity contribution is -0.137. The predicted molar refractivity (Wildman–Crippen MR) is 71.1 cm³/mol. The topological polar surface area (TPSA) is 41.1 Å². The molecule has 0 heterocycles. The van der Waals surface area contributed by atoms with Gasteiger partial charge in [0.2, 0.25) is 0 Å². The lowest BCUT2D eigenvalue weighted by Gasteiger charge is -2.21. The minimum Gasteiger partial charge on any atom is -0.333 e. The van der Waals surface area contributed by atoms with Crippen molar-refractivity contribution in [1.29, 1.82) is 0 Å². The van der Waals surface area contributed by atoms with Crippen LogP contribution in [0.3, 0.4) is 0 Å². The lowest BCUT2D eigenvalue weighted by Crippen LogP contribution is -2.43. The number of anilines is 1. The molecule has 0 aliphatic heterocycles. The van der Waals surface area contributed by atoms with Crippen molar-refractivity contribution in [3.05, 3.63) is 28.2 Å². The first-order valence-electron chi connectivity index (χ1n) is 5.44. The van der Waals surface area contributed by atoms with Crippen LogP contribution >= 0.6 is 15.9 Å². The average molecular weight is 339 g/mol. The number of carbonyl (C=O) groups is 1. The largest absolute Gasteiger partial charge is 0.416 e. The highest BCUT2D eigenvalue weighted by molar-refractivity contribution is 9.10. The molecular formula is C12H14BrF3N2O. The van der Waals surface area contributed by atoms with Gasteiger partial charge in [-0.2, -0.15) is 13.2 Å². The lowest BCUT2D eigenvalue weighted by atomic mass is 10.1. The SMILES string of the molecule is CC(C)(C)NC(=O)Nc1cc(Br)cc(C(F)(F)F)c1. The van der Waals surface area contributed by atoms with E-state index < -0.39 is 23.3 Å². The van der Waals surface area contributed by atoms with Crippen LogP contribution in [-0.4, -0.2) is 11.6 Å². The molecule has 0 aliphatic carbocycles. The summed E-state index contributed by atoms with van der Waals surface area (Å²) in [5.41, 5.74) is -1.22. The van der Waals surface area contributed by atoms with Gasteiger partial charge < -0.3 is 10.6 Å². The molecule has 0 spiro atoms. The number of benzene rings is 1. The number of hydrogen-bond acceptors (Lipinski definition) is 1. The van der Waals surface area contributed by atoms with Crippen LogP contribution in [0.1, 0.15) is 26.3 Å². The summed E-state index contributed by atoms with van der Waals surface area (Å²) in [5, 5.41) is 4.97. The first-order chi connectivity index (χ1) is 8.47. The van der Waals surface area contributed by atoms with Crippen molar-refractivity contribution in [2.24, 2.45) is 0 Å². The van der Waals surface area contributed by atoms with E-state index in [-0.39, 0.29) is 10.2 Å². The Hall–Kier alpha value is -1.24. The monoisotopic (exact) mass is 338 g/mol. The highest BCUT2D eigenvalue weighted by atomic mass is 79.9. The second-order valence-corrected chi connectivity index (χ2v) is 5.97. The third-order valence-electron chi connectivity index (χ3n) is 1.97. The molecule has 2 amide bonds. The molecule has 3 nitrogen and oxygen atoms in total. The molecule has 0 fully saturated rings. The Morgan fingerprint density at radius 2 is 1.74 bits per heavy atom. The first-order valence-corrected chi connectivity index (χ1v) is 6.24. The van der Waals surface area contributed by atoms with Gasteiger partial charge >= 0.3 is 12.2 Å². The molecule has 0 saturated heterocycles. The Balaban J connectivity index is 2.91. The van der Waals surface area contributed by atoms with Gasteiger partial charge in [-0.15, -0.1) is 0 Å². The number of alkyl halides is 3. The van der Waals surface area contributed by atoms with E-state index in [1.165, 1.54) is 6.07 Å². The molecule has 1 aromatic carbocycles. The maximum atomic E-state index is 12.6. The van der Waals surface area contributed by atoms with Gasteiger partial charge in [0, 0.05) is 15.7 Å². The Morgan fingerprint density at radius 3 is 2.21 bits per heavy atom. The van der Waals surface area contributed by atoms with E-state index in [1.807, 2.05) is 0 Å². The van der Waals surface area contributed by atoms with Crippen molar-refractivity contribution < 1.29 is 18.0 Å². The van der Waals surface area contributed by atoms with E-state index >= 15 is 0 Å². The number of carbonyl (C=O) groups excluding carboxylic acids is 1. The number of hydrogen-bond donors (Lipinski definition) is 2. The maximum absolute atomic E-state index is 12.6. The highest BCUT2D eigenvalue weighted by Crippen LogP contribution is 2.33. The molecule has 106 valence electrons. The van der Waals surface area contributed by atoms with Gasteiger partial charge in [0.15, 0.2) is 0 Å². The fourth-order valence-corrected chi connectivity index (χ4v) is 1.82. The molecule has 7 heteroatoms. The summed E-state index contributed by atoms with van der Waals surface area (Å²) in [6.07, 6.45) is -4.46.